The zero-order valence-corrected chi connectivity index (χ0v) is 34.3. The van der Waals surface area contributed by atoms with Crippen LogP contribution in [0.25, 0.3) is 0 Å². The van der Waals surface area contributed by atoms with E-state index in [0.717, 1.165) is 24.8 Å². The van der Waals surface area contributed by atoms with E-state index in [-0.39, 0.29) is 59.0 Å². The summed E-state index contributed by atoms with van der Waals surface area (Å²) in [5.74, 6) is 0.168. The van der Waals surface area contributed by atoms with E-state index in [9.17, 15) is 19.5 Å². The number of ether oxygens (including phenoxy) is 1. The third-order valence-electron chi connectivity index (χ3n) is 10.0. The number of hydrogen-bond donors (Lipinski definition) is 5. The number of benzene rings is 1. The molecular weight excluding hydrogens is 695 g/mol. The number of aromatic hydroxyl groups is 1. The number of rotatable bonds is 21. The van der Waals surface area contributed by atoms with Crippen LogP contribution in [0.2, 0.25) is 0 Å². The summed E-state index contributed by atoms with van der Waals surface area (Å²) in [7, 11) is 7.37. The minimum absolute atomic E-state index is 0.0643. The van der Waals surface area contributed by atoms with Gasteiger partial charge in [-0.2, -0.15) is 0 Å². The zero-order chi connectivity index (χ0) is 39.4. The molecule has 1 aromatic carbocycles. The fourth-order valence-corrected chi connectivity index (χ4v) is 7.35. The Kier molecular flexibility index (Phi) is 17.0. The number of likely N-dealkylation sites (N-methyl/N-ethyl adjacent to an activating group) is 2. The van der Waals surface area contributed by atoms with Crippen molar-refractivity contribution in [3.63, 3.8) is 0 Å². The van der Waals surface area contributed by atoms with Gasteiger partial charge in [0, 0.05) is 45.0 Å². The zero-order valence-electron chi connectivity index (χ0n) is 33.5. The summed E-state index contributed by atoms with van der Waals surface area (Å²) in [5.41, 5.74) is 7.08. The summed E-state index contributed by atoms with van der Waals surface area (Å²) >= 11 is 1.35. The summed E-state index contributed by atoms with van der Waals surface area (Å²) in [5, 5.41) is 24.2. The number of nitrogens with zero attached hydrogens (tertiary/aromatic N) is 5. The first kappa shape index (κ1) is 43.6. The Morgan fingerprint density at radius 3 is 2.21 bits per heavy atom. The molecule has 1 aromatic heterocycles. The van der Waals surface area contributed by atoms with Crippen molar-refractivity contribution in [1.29, 1.82) is 0 Å². The van der Waals surface area contributed by atoms with E-state index in [2.05, 4.69) is 54.4 Å². The first-order valence-corrected chi connectivity index (χ1v) is 19.7. The van der Waals surface area contributed by atoms with Gasteiger partial charge in [-0.25, -0.2) is 10.5 Å². The van der Waals surface area contributed by atoms with Crippen molar-refractivity contribution >= 4 is 34.9 Å². The molecule has 2 aromatic rings. The number of hydrogen-bond acceptors (Lipinski definition) is 12. The van der Waals surface area contributed by atoms with Gasteiger partial charge in [0.15, 0.2) is 5.84 Å². The number of amides is 3. The topological polar surface area (TPSA) is 164 Å². The maximum absolute atomic E-state index is 14.3. The number of phenols is 1. The summed E-state index contributed by atoms with van der Waals surface area (Å²) in [6, 6.07) is 5.04. The van der Waals surface area contributed by atoms with Gasteiger partial charge < -0.3 is 25.4 Å². The molecule has 14 nitrogen and oxygen atoms in total. The lowest BCUT2D eigenvalue weighted by Crippen LogP contribution is -2.58. The van der Waals surface area contributed by atoms with Gasteiger partial charge in [0.25, 0.3) is 5.91 Å². The van der Waals surface area contributed by atoms with Crippen molar-refractivity contribution < 1.29 is 24.2 Å². The van der Waals surface area contributed by atoms with E-state index < -0.39 is 18.2 Å². The molecule has 1 aliphatic heterocycles. The maximum Gasteiger partial charge on any atom is 0.271 e. The minimum Gasteiger partial charge on any atom is -0.508 e. The van der Waals surface area contributed by atoms with E-state index in [4.69, 9.17) is 9.72 Å². The van der Waals surface area contributed by atoms with Crippen LogP contribution >= 0.6 is 11.3 Å². The lowest BCUT2D eigenvalue weighted by atomic mass is 9.92. The number of hydrazone groups is 1. The Morgan fingerprint density at radius 2 is 1.66 bits per heavy atom. The van der Waals surface area contributed by atoms with Gasteiger partial charge in [-0.3, -0.25) is 24.7 Å². The van der Waals surface area contributed by atoms with Crippen LogP contribution in [-0.2, 0) is 20.7 Å². The Bertz CT molecular complexity index is 1500. The van der Waals surface area contributed by atoms with Crippen LogP contribution in [-0.4, -0.2) is 108 Å². The highest BCUT2D eigenvalue weighted by atomic mass is 32.1. The second-order valence-electron chi connectivity index (χ2n) is 14.8. The third kappa shape index (κ3) is 12.1. The van der Waals surface area contributed by atoms with Crippen LogP contribution in [0.4, 0.5) is 0 Å². The lowest BCUT2D eigenvalue weighted by molar-refractivity contribution is -0.141. The fraction of sp³-hybridized carbons (Fsp3) is 0.658. The minimum atomic E-state index is -0.682. The van der Waals surface area contributed by atoms with Crippen LogP contribution < -0.4 is 21.6 Å². The Balaban J connectivity index is 1.83. The molecule has 296 valence electrons. The highest BCUT2D eigenvalue weighted by Gasteiger charge is 2.37. The summed E-state index contributed by atoms with van der Waals surface area (Å²) < 4.78 is 6.37. The molecule has 5 N–H and O–H groups in total. The number of nitrogens with one attached hydrogen (secondary N) is 4. The molecule has 1 aliphatic rings. The lowest BCUT2D eigenvalue weighted by Gasteiger charge is -2.38. The van der Waals surface area contributed by atoms with Gasteiger partial charge in [0.2, 0.25) is 11.8 Å². The molecule has 15 heteroatoms. The van der Waals surface area contributed by atoms with Gasteiger partial charge in [0.05, 0.1) is 12.1 Å². The van der Waals surface area contributed by atoms with E-state index in [0.29, 0.717) is 30.3 Å². The Hall–Kier alpha value is -3.79. The number of thiazole rings is 1. The van der Waals surface area contributed by atoms with Crippen molar-refractivity contribution in [3.05, 3.63) is 45.9 Å². The molecule has 0 saturated heterocycles. The van der Waals surface area contributed by atoms with Crippen LogP contribution in [0.1, 0.15) is 101 Å². The molecule has 0 spiro atoms. The maximum atomic E-state index is 14.3. The van der Waals surface area contributed by atoms with Gasteiger partial charge in [-0.1, -0.05) is 73.4 Å². The molecule has 0 bridgehead atoms. The van der Waals surface area contributed by atoms with Gasteiger partial charge in [0.1, 0.15) is 28.6 Å². The average Bonchev–Trinajstić information content (AvgIpc) is 3.80. The number of carbonyl (C=O) groups is 3. The monoisotopic (exact) mass is 757 g/mol. The molecular formula is C38H63N9O5S. The average molecular weight is 758 g/mol. The molecule has 0 radical (unpaired) electrons. The first-order valence-electron chi connectivity index (χ1n) is 18.8. The third-order valence-corrected chi connectivity index (χ3v) is 11.0. The molecule has 0 aliphatic carbocycles. The molecule has 3 rings (SSSR count). The van der Waals surface area contributed by atoms with E-state index in [1.165, 1.54) is 11.3 Å². The molecule has 0 unspecified atom stereocenters. The normalized spacial score (nSPS) is 17.2. The van der Waals surface area contributed by atoms with Crippen molar-refractivity contribution in [2.45, 2.75) is 111 Å². The Morgan fingerprint density at radius 1 is 1.00 bits per heavy atom. The predicted octanol–water partition coefficient (Wildman–Crippen LogP) is 4.31. The van der Waals surface area contributed by atoms with E-state index in [1.54, 1.807) is 46.7 Å². The standard InChI is InChI=1S/C38H63N9O5S/c1-12-19-52-31(21-30(23(4)5)46(10)38(51)32(24(6)13-2)41-36(50)33(45(8)9)25(7)14-3)37-40-29(22-53-37)35(49)39-28(34-42-44-47(11)43-34)20-26-15-17-27(48)18-16-26/h15-18,22-25,28,30-33,44,48H,12-14,19-21H2,1-11H3,(H,39,49)(H,41,50)(H,42,43)/t24-,25-,28-,30+,31+,32-,33+/m0/s1. The quantitative estimate of drug-likeness (QED) is 0.124. The van der Waals surface area contributed by atoms with Crippen LogP contribution in [0.5, 0.6) is 5.75 Å². The highest BCUT2D eigenvalue weighted by molar-refractivity contribution is 7.09. The molecule has 53 heavy (non-hydrogen) atoms. The van der Waals surface area contributed by atoms with Crippen molar-refractivity contribution in [2.24, 2.45) is 22.9 Å². The first-order chi connectivity index (χ1) is 25.1. The number of carbonyl (C=O) groups excluding carboxylic acids is 3. The summed E-state index contributed by atoms with van der Waals surface area (Å²) in [4.78, 5) is 50.1. The van der Waals surface area contributed by atoms with Crippen LogP contribution in [0.15, 0.2) is 34.7 Å². The molecule has 3 amide bonds. The van der Waals surface area contributed by atoms with Crippen LogP contribution in [0.3, 0.4) is 0 Å². The molecule has 2 heterocycles. The number of hydrazine groups is 2. The van der Waals surface area contributed by atoms with Crippen molar-refractivity contribution in [1.82, 2.24) is 41.5 Å². The van der Waals surface area contributed by atoms with E-state index >= 15 is 0 Å². The number of amidine groups is 1. The fourth-order valence-electron chi connectivity index (χ4n) is 6.49. The molecule has 7 atom stereocenters. The SMILES string of the molecule is CCCO[C@H](C[C@H](C(C)C)N(C)C(=O)[C@@H](NC(=O)[C@@H]([C@@H](C)CC)N(C)C)[C@@H](C)CC)c1nc(C(=O)N[C@@H](Cc2ccc(O)cc2)C2=NNN(C)N2)cs1. The van der Waals surface area contributed by atoms with Crippen molar-refractivity contribution in [2.75, 3.05) is 34.8 Å². The predicted molar refractivity (Wildman–Crippen MR) is 210 cm³/mol. The second-order valence-corrected chi connectivity index (χ2v) is 15.6. The van der Waals surface area contributed by atoms with Gasteiger partial charge in [-0.15, -0.1) is 21.6 Å². The summed E-state index contributed by atoms with van der Waals surface area (Å²) in [6.07, 6.45) is 2.79. The molecule has 0 fully saturated rings. The van der Waals surface area contributed by atoms with Gasteiger partial charge in [-0.05, 0) is 56.0 Å². The number of phenolic OH excluding ortho intramolecular Hbond substituents is 1. The highest BCUT2D eigenvalue weighted by Crippen LogP contribution is 2.31. The van der Waals surface area contributed by atoms with E-state index in [1.807, 2.05) is 46.8 Å². The van der Waals surface area contributed by atoms with Crippen molar-refractivity contribution in [3.8, 4) is 5.75 Å². The van der Waals surface area contributed by atoms with Gasteiger partial charge >= 0.3 is 0 Å². The smallest absolute Gasteiger partial charge is 0.271 e. The second kappa shape index (κ2) is 20.6. The van der Waals surface area contributed by atoms with Crippen LogP contribution in [0, 0.1) is 17.8 Å². The molecule has 0 saturated carbocycles. The summed E-state index contributed by atoms with van der Waals surface area (Å²) in [6.45, 7) is 14.8. The largest absolute Gasteiger partial charge is 0.508 e. The number of aromatic nitrogens is 1. The Labute approximate surface area is 320 Å².